The Morgan fingerprint density at radius 3 is 2.52 bits per heavy atom. The number of benzene rings is 1. The average molecular weight is 310 g/mol. The minimum absolute atomic E-state index is 0.734. The second-order valence-electron chi connectivity index (χ2n) is 6.99. The summed E-state index contributed by atoms with van der Waals surface area (Å²) in [5.41, 5.74) is 3.13. The highest BCUT2D eigenvalue weighted by Crippen LogP contribution is 2.25. The summed E-state index contributed by atoms with van der Waals surface area (Å²) < 4.78 is 5.71. The fourth-order valence-electron chi connectivity index (χ4n) is 4.07. The Labute approximate surface area is 138 Å². The molecule has 3 heteroatoms. The third-order valence-electron chi connectivity index (χ3n) is 5.42. The molecule has 122 valence electrons. The highest BCUT2D eigenvalue weighted by atomic mass is 16.3. The van der Waals surface area contributed by atoms with Crippen LogP contribution in [0.5, 0.6) is 0 Å². The first kappa shape index (κ1) is 15.0. The van der Waals surface area contributed by atoms with Gasteiger partial charge in [0.15, 0.2) is 0 Å². The number of rotatable bonds is 3. The van der Waals surface area contributed by atoms with E-state index in [0.29, 0.717) is 0 Å². The lowest BCUT2D eigenvalue weighted by Crippen LogP contribution is -2.51. The minimum Gasteiger partial charge on any atom is -0.465 e. The maximum atomic E-state index is 5.71. The number of hydrogen-bond donors (Lipinski definition) is 0. The van der Waals surface area contributed by atoms with Crippen LogP contribution < -0.4 is 0 Å². The van der Waals surface area contributed by atoms with E-state index in [1.165, 1.54) is 32.4 Å². The van der Waals surface area contributed by atoms with Crippen LogP contribution in [0.25, 0.3) is 0 Å². The van der Waals surface area contributed by atoms with Crippen LogP contribution in [0.3, 0.4) is 0 Å². The molecule has 23 heavy (non-hydrogen) atoms. The van der Waals surface area contributed by atoms with Gasteiger partial charge in [-0.15, -0.1) is 0 Å². The van der Waals surface area contributed by atoms with Gasteiger partial charge in [-0.1, -0.05) is 24.3 Å². The summed E-state index contributed by atoms with van der Waals surface area (Å²) in [4.78, 5) is 5.23. The normalized spacial score (nSPS) is 22.9. The molecule has 1 unspecified atom stereocenters. The second kappa shape index (κ2) is 6.50. The van der Waals surface area contributed by atoms with E-state index in [4.69, 9.17) is 4.42 Å². The van der Waals surface area contributed by atoms with Gasteiger partial charge in [0.1, 0.15) is 11.5 Å². The summed E-state index contributed by atoms with van der Waals surface area (Å²) in [7, 11) is 0. The zero-order valence-corrected chi connectivity index (χ0v) is 14.0. The fourth-order valence-corrected chi connectivity index (χ4v) is 4.07. The van der Waals surface area contributed by atoms with Gasteiger partial charge in [0.05, 0.1) is 6.54 Å². The summed E-state index contributed by atoms with van der Waals surface area (Å²) in [6, 6.07) is 13.9. The highest BCUT2D eigenvalue weighted by Gasteiger charge is 2.27. The van der Waals surface area contributed by atoms with Crippen LogP contribution in [0, 0.1) is 6.92 Å². The maximum Gasteiger partial charge on any atom is 0.118 e. The van der Waals surface area contributed by atoms with Crippen LogP contribution in [0.1, 0.15) is 29.1 Å². The second-order valence-corrected chi connectivity index (χ2v) is 6.99. The van der Waals surface area contributed by atoms with Crippen molar-refractivity contribution in [2.24, 2.45) is 0 Å². The van der Waals surface area contributed by atoms with Crippen molar-refractivity contribution in [1.82, 2.24) is 9.80 Å². The summed E-state index contributed by atoms with van der Waals surface area (Å²) in [6.07, 6.45) is 3.79. The lowest BCUT2D eigenvalue weighted by molar-refractivity contribution is 0.0817. The summed E-state index contributed by atoms with van der Waals surface area (Å²) in [5, 5.41) is 0. The van der Waals surface area contributed by atoms with Crippen molar-refractivity contribution >= 4 is 0 Å². The average Bonchev–Trinajstić information content (AvgIpc) is 3.00. The lowest BCUT2D eigenvalue weighted by atomic mass is 9.87. The van der Waals surface area contributed by atoms with E-state index in [0.717, 1.165) is 37.2 Å². The molecular weight excluding hydrogens is 284 g/mol. The van der Waals surface area contributed by atoms with Crippen LogP contribution in [-0.4, -0.2) is 42.0 Å². The Balaban J connectivity index is 1.32. The van der Waals surface area contributed by atoms with Crippen molar-refractivity contribution in [2.45, 2.75) is 38.8 Å². The maximum absolute atomic E-state index is 5.71. The van der Waals surface area contributed by atoms with Crippen LogP contribution in [-0.2, 0) is 19.4 Å². The molecule has 0 radical (unpaired) electrons. The van der Waals surface area contributed by atoms with Crippen LogP contribution in [0.4, 0.5) is 0 Å². The van der Waals surface area contributed by atoms with Crippen LogP contribution in [0.15, 0.2) is 40.8 Å². The first-order valence-corrected chi connectivity index (χ1v) is 8.86. The number of nitrogens with zero attached hydrogens (tertiary/aromatic N) is 2. The quantitative estimate of drug-likeness (QED) is 0.867. The lowest BCUT2D eigenvalue weighted by Gasteiger charge is -2.41. The van der Waals surface area contributed by atoms with Crippen molar-refractivity contribution in [1.29, 1.82) is 0 Å². The number of hydrogen-bond acceptors (Lipinski definition) is 3. The van der Waals surface area contributed by atoms with Gasteiger partial charge < -0.3 is 4.42 Å². The summed E-state index contributed by atoms with van der Waals surface area (Å²) in [6.45, 7) is 7.65. The molecule has 2 aliphatic rings. The van der Waals surface area contributed by atoms with E-state index < -0.39 is 0 Å². The van der Waals surface area contributed by atoms with Crippen molar-refractivity contribution in [2.75, 3.05) is 26.2 Å². The SMILES string of the molecule is Cc1ccc(CN2CCN(C3CCc4ccccc4C3)CC2)o1. The summed E-state index contributed by atoms with van der Waals surface area (Å²) >= 11 is 0. The number of aryl methyl sites for hydroxylation is 2. The molecule has 0 saturated carbocycles. The predicted octanol–water partition coefficient (Wildman–Crippen LogP) is 3.26. The molecule has 4 rings (SSSR count). The van der Waals surface area contributed by atoms with E-state index >= 15 is 0 Å². The van der Waals surface area contributed by atoms with Crippen molar-refractivity contribution in [3.05, 3.63) is 59.0 Å². The van der Waals surface area contributed by atoms with Crippen molar-refractivity contribution < 1.29 is 4.42 Å². The molecule has 1 aliphatic carbocycles. The third kappa shape index (κ3) is 3.36. The predicted molar refractivity (Wildman–Crippen MR) is 92.6 cm³/mol. The molecule has 0 bridgehead atoms. The monoisotopic (exact) mass is 310 g/mol. The smallest absolute Gasteiger partial charge is 0.118 e. The van der Waals surface area contributed by atoms with E-state index in [1.54, 1.807) is 11.1 Å². The molecule has 0 spiro atoms. The van der Waals surface area contributed by atoms with Gasteiger partial charge >= 0.3 is 0 Å². The Hall–Kier alpha value is -1.58. The van der Waals surface area contributed by atoms with Gasteiger partial charge in [-0.25, -0.2) is 0 Å². The van der Waals surface area contributed by atoms with E-state index in [9.17, 15) is 0 Å². The zero-order chi connectivity index (χ0) is 15.6. The van der Waals surface area contributed by atoms with Crippen LogP contribution in [0.2, 0.25) is 0 Å². The molecule has 0 amide bonds. The zero-order valence-electron chi connectivity index (χ0n) is 14.0. The fraction of sp³-hybridized carbons (Fsp3) is 0.500. The third-order valence-corrected chi connectivity index (χ3v) is 5.42. The number of fused-ring (bicyclic) bond motifs is 1. The highest BCUT2D eigenvalue weighted by molar-refractivity contribution is 5.30. The largest absolute Gasteiger partial charge is 0.465 e. The van der Waals surface area contributed by atoms with E-state index in [-0.39, 0.29) is 0 Å². The number of piperazine rings is 1. The first-order valence-electron chi connectivity index (χ1n) is 8.86. The molecule has 1 aliphatic heterocycles. The Kier molecular flexibility index (Phi) is 4.23. The molecule has 1 fully saturated rings. The summed E-state index contributed by atoms with van der Waals surface area (Å²) in [5.74, 6) is 2.11. The van der Waals surface area contributed by atoms with Gasteiger partial charge in [-0.2, -0.15) is 0 Å². The van der Waals surface area contributed by atoms with Gasteiger partial charge in [-0.05, 0) is 49.4 Å². The van der Waals surface area contributed by atoms with Gasteiger partial charge in [-0.3, -0.25) is 9.80 Å². The molecule has 3 nitrogen and oxygen atoms in total. The number of furan rings is 1. The van der Waals surface area contributed by atoms with Gasteiger partial charge in [0.25, 0.3) is 0 Å². The van der Waals surface area contributed by atoms with Gasteiger partial charge in [0.2, 0.25) is 0 Å². The first-order chi connectivity index (χ1) is 11.3. The Bertz CT molecular complexity index is 655. The molecule has 2 heterocycles. The molecular formula is C20H26N2O. The standard InChI is InChI=1S/C20H26N2O/c1-16-6-9-20(23-16)15-21-10-12-22(13-11-21)19-8-7-17-4-2-3-5-18(17)14-19/h2-6,9,19H,7-8,10-15H2,1H3. The molecule has 2 aromatic rings. The van der Waals surface area contributed by atoms with E-state index in [1.807, 2.05) is 6.92 Å². The minimum atomic E-state index is 0.734. The van der Waals surface area contributed by atoms with Crippen molar-refractivity contribution in [3.63, 3.8) is 0 Å². The Morgan fingerprint density at radius 1 is 1.00 bits per heavy atom. The van der Waals surface area contributed by atoms with Crippen molar-refractivity contribution in [3.8, 4) is 0 Å². The Morgan fingerprint density at radius 2 is 1.78 bits per heavy atom. The molecule has 1 aromatic carbocycles. The van der Waals surface area contributed by atoms with Crippen LogP contribution >= 0.6 is 0 Å². The van der Waals surface area contributed by atoms with E-state index in [2.05, 4.69) is 46.2 Å². The molecule has 1 aromatic heterocycles. The molecule has 1 atom stereocenters. The topological polar surface area (TPSA) is 19.6 Å². The molecule has 1 saturated heterocycles. The molecule has 0 N–H and O–H groups in total. The van der Waals surface area contributed by atoms with Gasteiger partial charge in [0, 0.05) is 32.2 Å².